The van der Waals surface area contributed by atoms with Crippen LogP contribution in [0.3, 0.4) is 0 Å². The third-order valence-electron chi connectivity index (χ3n) is 3.85. The first-order valence-electron chi connectivity index (χ1n) is 7.13. The highest BCUT2D eigenvalue weighted by Crippen LogP contribution is 2.30. The van der Waals surface area contributed by atoms with Crippen molar-refractivity contribution in [3.63, 3.8) is 0 Å². The molecular formula is C18H14N4. The highest BCUT2D eigenvalue weighted by molar-refractivity contribution is 5.96. The summed E-state index contributed by atoms with van der Waals surface area (Å²) < 4.78 is 1.90. The quantitative estimate of drug-likeness (QED) is 0.563. The molecule has 4 heteroatoms. The molecule has 4 aromatic rings. The van der Waals surface area contributed by atoms with Gasteiger partial charge in [0.05, 0.1) is 5.52 Å². The normalized spacial score (nSPS) is 11.0. The summed E-state index contributed by atoms with van der Waals surface area (Å²) in [4.78, 5) is 4.51. The SMILES string of the molecule is Cc1ccc(-c2cccc(-n3cnnc3)c2)c2cccnc12. The molecule has 0 bridgehead atoms. The van der Waals surface area contributed by atoms with Crippen LogP contribution >= 0.6 is 0 Å². The molecule has 22 heavy (non-hydrogen) atoms. The largest absolute Gasteiger partial charge is 0.288 e. The van der Waals surface area contributed by atoms with E-state index in [4.69, 9.17) is 0 Å². The van der Waals surface area contributed by atoms with Crippen LogP contribution in [0.1, 0.15) is 5.56 Å². The van der Waals surface area contributed by atoms with E-state index in [1.54, 1.807) is 12.7 Å². The summed E-state index contributed by atoms with van der Waals surface area (Å²) in [7, 11) is 0. The number of rotatable bonds is 2. The third kappa shape index (κ3) is 2.05. The summed E-state index contributed by atoms with van der Waals surface area (Å²) in [6.45, 7) is 2.09. The maximum Gasteiger partial charge on any atom is 0.123 e. The standard InChI is InChI=1S/C18H14N4/c1-13-7-8-16(17-6-3-9-19-18(13)17)14-4-2-5-15(10-14)22-11-20-21-12-22/h2-12H,1H3. The fraction of sp³-hybridized carbons (Fsp3) is 0.0556. The Bertz CT molecular complexity index is 942. The average molecular weight is 286 g/mol. The number of pyridine rings is 1. The van der Waals surface area contributed by atoms with Crippen molar-refractivity contribution in [2.24, 2.45) is 0 Å². The smallest absolute Gasteiger partial charge is 0.123 e. The topological polar surface area (TPSA) is 43.6 Å². The van der Waals surface area contributed by atoms with Gasteiger partial charge >= 0.3 is 0 Å². The summed E-state index contributed by atoms with van der Waals surface area (Å²) in [5.41, 5.74) is 5.62. The summed E-state index contributed by atoms with van der Waals surface area (Å²) in [6.07, 6.45) is 5.24. The first-order chi connectivity index (χ1) is 10.8. The Balaban J connectivity index is 1.93. The number of benzene rings is 2. The van der Waals surface area contributed by atoms with Crippen molar-refractivity contribution in [2.45, 2.75) is 6.92 Å². The Kier molecular flexibility index (Phi) is 2.93. The fourth-order valence-electron chi connectivity index (χ4n) is 2.73. The minimum atomic E-state index is 1.04. The van der Waals surface area contributed by atoms with Crippen molar-refractivity contribution in [3.8, 4) is 16.8 Å². The Hall–Kier alpha value is -3.01. The third-order valence-corrected chi connectivity index (χ3v) is 3.85. The second-order valence-corrected chi connectivity index (χ2v) is 5.25. The van der Waals surface area contributed by atoms with E-state index in [2.05, 4.69) is 52.4 Å². The molecule has 4 rings (SSSR count). The molecule has 0 aliphatic heterocycles. The molecule has 4 nitrogen and oxygen atoms in total. The van der Waals surface area contributed by atoms with E-state index in [0.717, 1.165) is 16.8 Å². The van der Waals surface area contributed by atoms with Gasteiger partial charge in [0.1, 0.15) is 12.7 Å². The van der Waals surface area contributed by atoms with Crippen molar-refractivity contribution in [1.29, 1.82) is 0 Å². The van der Waals surface area contributed by atoms with Gasteiger partial charge < -0.3 is 0 Å². The molecule has 0 N–H and O–H groups in total. The Morgan fingerprint density at radius 1 is 0.909 bits per heavy atom. The van der Waals surface area contributed by atoms with Gasteiger partial charge in [-0.25, -0.2) is 0 Å². The summed E-state index contributed by atoms with van der Waals surface area (Å²) in [5, 5.41) is 8.90. The first kappa shape index (κ1) is 12.7. The summed E-state index contributed by atoms with van der Waals surface area (Å²) in [5.74, 6) is 0. The van der Waals surface area contributed by atoms with E-state index in [1.165, 1.54) is 16.5 Å². The molecule has 0 unspecified atom stereocenters. The van der Waals surface area contributed by atoms with E-state index in [0.29, 0.717) is 0 Å². The highest BCUT2D eigenvalue weighted by atomic mass is 15.2. The van der Waals surface area contributed by atoms with Crippen LogP contribution in [0.5, 0.6) is 0 Å². The number of fused-ring (bicyclic) bond motifs is 1. The van der Waals surface area contributed by atoms with Gasteiger partial charge in [-0.05, 0) is 41.8 Å². The lowest BCUT2D eigenvalue weighted by atomic mass is 9.98. The molecule has 2 aromatic carbocycles. The number of hydrogen-bond donors (Lipinski definition) is 0. The lowest BCUT2D eigenvalue weighted by molar-refractivity contribution is 1.06. The van der Waals surface area contributed by atoms with Crippen molar-refractivity contribution in [3.05, 3.63) is 72.9 Å². The molecule has 2 heterocycles. The van der Waals surface area contributed by atoms with Gasteiger partial charge in [-0.1, -0.05) is 30.3 Å². The van der Waals surface area contributed by atoms with Crippen LogP contribution in [0, 0.1) is 6.92 Å². The van der Waals surface area contributed by atoms with Crippen molar-refractivity contribution in [1.82, 2.24) is 19.7 Å². The van der Waals surface area contributed by atoms with E-state index >= 15 is 0 Å². The summed E-state index contributed by atoms with van der Waals surface area (Å²) >= 11 is 0. The van der Waals surface area contributed by atoms with E-state index in [1.807, 2.05) is 29.0 Å². The van der Waals surface area contributed by atoms with Crippen LogP contribution < -0.4 is 0 Å². The van der Waals surface area contributed by atoms with Crippen molar-refractivity contribution < 1.29 is 0 Å². The minimum absolute atomic E-state index is 1.04. The Morgan fingerprint density at radius 3 is 2.64 bits per heavy atom. The van der Waals surface area contributed by atoms with Gasteiger partial charge in [0, 0.05) is 17.3 Å². The maximum absolute atomic E-state index is 4.51. The fourth-order valence-corrected chi connectivity index (χ4v) is 2.73. The summed E-state index contributed by atoms with van der Waals surface area (Å²) in [6, 6.07) is 16.7. The van der Waals surface area contributed by atoms with Crippen LogP contribution in [0.25, 0.3) is 27.7 Å². The van der Waals surface area contributed by atoms with E-state index < -0.39 is 0 Å². The zero-order chi connectivity index (χ0) is 14.9. The highest BCUT2D eigenvalue weighted by Gasteiger charge is 2.07. The number of aryl methyl sites for hydroxylation is 1. The van der Waals surface area contributed by atoms with Crippen molar-refractivity contribution in [2.75, 3.05) is 0 Å². The molecule has 0 aliphatic carbocycles. The molecular weight excluding hydrogens is 272 g/mol. The van der Waals surface area contributed by atoms with Crippen LogP contribution in [0.4, 0.5) is 0 Å². The first-order valence-corrected chi connectivity index (χ1v) is 7.13. The Morgan fingerprint density at radius 2 is 1.77 bits per heavy atom. The molecule has 0 saturated heterocycles. The van der Waals surface area contributed by atoms with Gasteiger partial charge in [0.15, 0.2) is 0 Å². The van der Waals surface area contributed by atoms with Gasteiger partial charge in [-0.15, -0.1) is 10.2 Å². The molecule has 0 spiro atoms. The average Bonchev–Trinajstić information content (AvgIpc) is 3.10. The second-order valence-electron chi connectivity index (χ2n) is 5.25. The molecule has 0 amide bonds. The predicted octanol–water partition coefficient (Wildman–Crippen LogP) is 3.79. The number of hydrogen-bond acceptors (Lipinski definition) is 3. The minimum Gasteiger partial charge on any atom is -0.288 e. The van der Waals surface area contributed by atoms with Crippen LogP contribution in [0.2, 0.25) is 0 Å². The zero-order valence-corrected chi connectivity index (χ0v) is 12.1. The molecule has 0 atom stereocenters. The molecule has 0 radical (unpaired) electrons. The predicted molar refractivity (Wildman–Crippen MR) is 86.8 cm³/mol. The van der Waals surface area contributed by atoms with Gasteiger partial charge in [0.2, 0.25) is 0 Å². The molecule has 106 valence electrons. The van der Waals surface area contributed by atoms with Gasteiger partial charge in [0.25, 0.3) is 0 Å². The van der Waals surface area contributed by atoms with E-state index in [-0.39, 0.29) is 0 Å². The van der Waals surface area contributed by atoms with E-state index in [9.17, 15) is 0 Å². The van der Waals surface area contributed by atoms with Crippen LogP contribution in [-0.2, 0) is 0 Å². The van der Waals surface area contributed by atoms with Crippen LogP contribution in [-0.4, -0.2) is 19.7 Å². The molecule has 0 aliphatic rings. The monoisotopic (exact) mass is 286 g/mol. The zero-order valence-electron chi connectivity index (χ0n) is 12.1. The molecule has 0 saturated carbocycles. The van der Waals surface area contributed by atoms with Gasteiger partial charge in [-0.2, -0.15) is 0 Å². The lowest BCUT2D eigenvalue weighted by Crippen LogP contribution is -1.91. The molecule has 0 fully saturated rings. The maximum atomic E-state index is 4.51. The lowest BCUT2D eigenvalue weighted by Gasteiger charge is -2.10. The number of aromatic nitrogens is 4. The second kappa shape index (κ2) is 5.07. The molecule has 2 aromatic heterocycles. The van der Waals surface area contributed by atoms with Crippen LogP contribution in [0.15, 0.2) is 67.4 Å². The Labute approximate surface area is 128 Å². The number of nitrogens with zero attached hydrogens (tertiary/aromatic N) is 4. The van der Waals surface area contributed by atoms with Crippen molar-refractivity contribution >= 4 is 10.9 Å². The van der Waals surface area contributed by atoms with Gasteiger partial charge in [-0.3, -0.25) is 9.55 Å².